The van der Waals surface area contributed by atoms with E-state index in [1.54, 1.807) is 18.2 Å². The molecule has 8 heteroatoms. The number of carbonyl (C=O) groups excluding carboxylic acids is 1. The monoisotopic (exact) mass is 348 g/mol. The number of carbonyl (C=O) groups is 1. The van der Waals surface area contributed by atoms with Gasteiger partial charge in [0.25, 0.3) is 5.91 Å². The van der Waals surface area contributed by atoms with Crippen molar-refractivity contribution in [2.75, 3.05) is 18.6 Å². The number of hydrogen-bond acceptors (Lipinski definition) is 3. The smallest absolute Gasteiger partial charge is 0.269 e. The molecule has 2 N–H and O–H groups in total. The number of aromatic amines is 1. The van der Waals surface area contributed by atoms with Crippen molar-refractivity contribution >= 4 is 49.8 Å². The molecule has 0 aliphatic carbocycles. The molecular formula is C13H14Cl2N2O3S. The summed E-state index contributed by atoms with van der Waals surface area (Å²) in [6.07, 6.45) is 1.52. The Hall–Kier alpha value is -1.24. The number of H-pyrrole nitrogens is 1. The van der Waals surface area contributed by atoms with Crippen molar-refractivity contribution in [3.05, 3.63) is 33.9 Å². The number of hydrogen-bond donors (Lipinski definition) is 2. The average Bonchev–Trinajstić information content (AvgIpc) is 2.71. The first-order valence-corrected chi connectivity index (χ1v) is 9.02. The fourth-order valence-electron chi connectivity index (χ4n) is 1.91. The molecule has 0 aliphatic rings. The Balaban J connectivity index is 2.08. The van der Waals surface area contributed by atoms with Crippen molar-refractivity contribution < 1.29 is 13.2 Å². The van der Waals surface area contributed by atoms with Crippen LogP contribution >= 0.6 is 23.2 Å². The van der Waals surface area contributed by atoms with Gasteiger partial charge >= 0.3 is 0 Å². The van der Waals surface area contributed by atoms with Gasteiger partial charge in [-0.25, -0.2) is 8.42 Å². The molecule has 0 fully saturated rings. The van der Waals surface area contributed by atoms with Crippen LogP contribution in [0.2, 0.25) is 10.0 Å². The highest BCUT2D eigenvalue weighted by Crippen LogP contribution is 2.29. The normalized spacial score (nSPS) is 11.8. The van der Waals surface area contributed by atoms with Crippen molar-refractivity contribution in [2.45, 2.75) is 6.42 Å². The summed E-state index contributed by atoms with van der Waals surface area (Å²) >= 11 is 12.1. The van der Waals surface area contributed by atoms with Crippen LogP contribution in [0.25, 0.3) is 10.9 Å². The van der Waals surface area contributed by atoms with E-state index in [0.717, 1.165) is 6.26 Å². The van der Waals surface area contributed by atoms with E-state index in [9.17, 15) is 13.2 Å². The molecule has 5 nitrogen and oxygen atoms in total. The molecule has 1 heterocycles. The minimum Gasteiger partial charge on any atom is -0.351 e. The topological polar surface area (TPSA) is 79.0 Å². The predicted molar refractivity (Wildman–Crippen MR) is 85.0 cm³/mol. The first kappa shape index (κ1) is 16.1. The maximum Gasteiger partial charge on any atom is 0.269 e. The predicted octanol–water partition coefficient (Wildman–Crippen LogP) is 2.64. The number of fused-ring (bicyclic) bond motifs is 1. The van der Waals surface area contributed by atoms with Crippen molar-refractivity contribution in [2.24, 2.45) is 0 Å². The second-order valence-corrected chi connectivity index (χ2v) is 7.82. The van der Waals surface area contributed by atoms with Crippen molar-refractivity contribution in [1.29, 1.82) is 0 Å². The summed E-state index contributed by atoms with van der Waals surface area (Å²) in [6, 6.07) is 5.12. The molecule has 2 rings (SSSR count). The summed E-state index contributed by atoms with van der Waals surface area (Å²) in [4.78, 5) is 15.0. The van der Waals surface area contributed by atoms with Crippen LogP contribution in [0.1, 0.15) is 16.9 Å². The molecule has 0 radical (unpaired) electrons. The summed E-state index contributed by atoms with van der Waals surface area (Å²) in [7, 11) is -3.02. The molecular weight excluding hydrogens is 335 g/mol. The third-order valence-corrected chi connectivity index (χ3v) is 4.56. The van der Waals surface area contributed by atoms with Gasteiger partial charge in [0.1, 0.15) is 15.5 Å². The first-order chi connectivity index (χ1) is 9.78. The van der Waals surface area contributed by atoms with Gasteiger partial charge in [0.05, 0.1) is 10.8 Å². The second-order valence-electron chi connectivity index (χ2n) is 4.74. The van der Waals surface area contributed by atoms with E-state index in [2.05, 4.69) is 10.3 Å². The minimum absolute atomic E-state index is 0.0311. The third-order valence-electron chi connectivity index (χ3n) is 2.90. The number of benzene rings is 1. The van der Waals surface area contributed by atoms with Gasteiger partial charge in [0.15, 0.2) is 0 Å². The molecule has 1 aromatic carbocycles. The minimum atomic E-state index is -3.02. The first-order valence-electron chi connectivity index (χ1n) is 6.20. The zero-order chi connectivity index (χ0) is 15.6. The fraction of sp³-hybridized carbons (Fsp3) is 0.308. The van der Waals surface area contributed by atoms with E-state index in [0.29, 0.717) is 27.4 Å². The van der Waals surface area contributed by atoms with Crippen molar-refractivity contribution in [1.82, 2.24) is 10.3 Å². The molecule has 1 amide bonds. The lowest BCUT2D eigenvalue weighted by atomic mass is 10.2. The third kappa shape index (κ3) is 4.12. The molecule has 21 heavy (non-hydrogen) atoms. The summed E-state index contributed by atoms with van der Waals surface area (Å²) < 4.78 is 22.0. The van der Waals surface area contributed by atoms with Crippen LogP contribution in [0.3, 0.4) is 0 Å². The number of halogens is 2. The number of amides is 1. The van der Waals surface area contributed by atoms with E-state index >= 15 is 0 Å². The molecule has 0 bridgehead atoms. The highest BCUT2D eigenvalue weighted by Gasteiger charge is 2.16. The van der Waals surface area contributed by atoms with Crippen molar-refractivity contribution in [3.8, 4) is 0 Å². The zero-order valence-electron chi connectivity index (χ0n) is 11.2. The number of sulfone groups is 1. The Kier molecular flexibility index (Phi) is 4.81. The van der Waals surface area contributed by atoms with Crippen LogP contribution in [0, 0.1) is 0 Å². The van der Waals surface area contributed by atoms with Crippen LogP contribution in [0.5, 0.6) is 0 Å². The Morgan fingerprint density at radius 3 is 2.71 bits per heavy atom. The Morgan fingerprint density at radius 2 is 2.05 bits per heavy atom. The van der Waals surface area contributed by atoms with Crippen LogP contribution in [0.4, 0.5) is 0 Å². The van der Waals surface area contributed by atoms with Crippen LogP contribution in [0.15, 0.2) is 18.2 Å². The molecule has 0 spiro atoms. The van der Waals surface area contributed by atoms with Gasteiger partial charge in [-0.1, -0.05) is 23.2 Å². The maximum absolute atomic E-state index is 12.0. The Bertz CT molecular complexity index is 784. The van der Waals surface area contributed by atoms with E-state index in [1.165, 1.54) is 0 Å². The summed E-state index contributed by atoms with van der Waals surface area (Å²) in [5, 5.41) is 4.14. The Labute approximate surface area is 132 Å². The van der Waals surface area contributed by atoms with Gasteiger partial charge in [0.2, 0.25) is 0 Å². The van der Waals surface area contributed by atoms with E-state index in [4.69, 9.17) is 23.2 Å². The fourth-order valence-corrected chi connectivity index (χ4v) is 3.04. The standard InChI is InChI=1S/C13H14Cl2N2O3S/c1-21(19,20)6-2-5-16-13(18)12-11(15)9-7-8(14)3-4-10(9)17-12/h3-4,7,17H,2,5-6H2,1H3,(H,16,18). The van der Waals surface area contributed by atoms with E-state index < -0.39 is 9.84 Å². The molecule has 0 atom stereocenters. The second kappa shape index (κ2) is 6.25. The van der Waals surface area contributed by atoms with Gasteiger partial charge in [0, 0.05) is 28.7 Å². The zero-order valence-corrected chi connectivity index (χ0v) is 13.6. The van der Waals surface area contributed by atoms with E-state index in [-0.39, 0.29) is 23.9 Å². The molecule has 2 aromatic rings. The highest BCUT2D eigenvalue weighted by molar-refractivity contribution is 7.90. The quantitative estimate of drug-likeness (QED) is 0.815. The van der Waals surface area contributed by atoms with Crippen LogP contribution in [-0.2, 0) is 9.84 Å². The van der Waals surface area contributed by atoms with Gasteiger partial charge in [-0.2, -0.15) is 0 Å². The van der Waals surface area contributed by atoms with Crippen LogP contribution in [-0.4, -0.2) is 37.9 Å². The lowest BCUT2D eigenvalue weighted by Crippen LogP contribution is -2.26. The Morgan fingerprint density at radius 1 is 1.33 bits per heavy atom. The van der Waals surface area contributed by atoms with Crippen molar-refractivity contribution in [3.63, 3.8) is 0 Å². The number of nitrogens with one attached hydrogen (secondary N) is 2. The molecule has 1 aromatic heterocycles. The highest BCUT2D eigenvalue weighted by atomic mass is 35.5. The van der Waals surface area contributed by atoms with Gasteiger partial charge in [-0.15, -0.1) is 0 Å². The maximum atomic E-state index is 12.0. The summed E-state index contributed by atoms with van der Waals surface area (Å²) in [5.41, 5.74) is 0.957. The van der Waals surface area contributed by atoms with Gasteiger partial charge in [-0.3, -0.25) is 4.79 Å². The lowest BCUT2D eigenvalue weighted by Gasteiger charge is -2.03. The molecule has 114 valence electrons. The average molecular weight is 349 g/mol. The number of rotatable bonds is 5. The lowest BCUT2D eigenvalue weighted by molar-refractivity contribution is 0.0949. The summed E-state index contributed by atoms with van der Waals surface area (Å²) in [5.74, 6) is -0.343. The molecule has 0 unspecified atom stereocenters. The van der Waals surface area contributed by atoms with Gasteiger partial charge < -0.3 is 10.3 Å². The SMILES string of the molecule is CS(=O)(=O)CCCNC(=O)c1[nH]c2ccc(Cl)cc2c1Cl. The largest absolute Gasteiger partial charge is 0.351 e. The summed E-state index contributed by atoms with van der Waals surface area (Å²) in [6.45, 7) is 0.262. The molecule has 0 saturated carbocycles. The molecule has 0 saturated heterocycles. The number of aromatic nitrogens is 1. The van der Waals surface area contributed by atoms with Gasteiger partial charge in [-0.05, 0) is 24.6 Å². The van der Waals surface area contributed by atoms with E-state index in [1.807, 2.05) is 0 Å². The molecule has 0 aliphatic heterocycles. The van der Waals surface area contributed by atoms with Crippen LogP contribution < -0.4 is 5.32 Å².